The number of unbranched alkanes of at least 4 members (excludes halogenated alkanes) is 1. The highest BCUT2D eigenvalue weighted by molar-refractivity contribution is 8.77. The van der Waals surface area contributed by atoms with E-state index in [4.69, 9.17) is 0 Å². The van der Waals surface area contributed by atoms with Gasteiger partial charge in [-0.3, -0.25) is 9.59 Å². The summed E-state index contributed by atoms with van der Waals surface area (Å²) in [7, 11) is 3.95. The quantitative estimate of drug-likeness (QED) is 0.390. The SMILES string of the molecule is C=C(C)C(=O)NCCNC(=O)CCCCC1CCSS1. The van der Waals surface area contributed by atoms with Gasteiger partial charge in [-0.1, -0.05) is 34.6 Å². The molecule has 2 amide bonds. The number of carbonyl (C=O) groups is 2. The van der Waals surface area contributed by atoms with E-state index >= 15 is 0 Å². The topological polar surface area (TPSA) is 58.2 Å². The molecule has 1 aliphatic rings. The van der Waals surface area contributed by atoms with E-state index in [-0.39, 0.29) is 11.8 Å². The Kier molecular flexibility index (Phi) is 8.85. The molecule has 0 aromatic rings. The summed E-state index contributed by atoms with van der Waals surface area (Å²) < 4.78 is 0. The van der Waals surface area contributed by atoms with E-state index in [0.29, 0.717) is 25.1 Å². The van der Waals surface area contributed by atoms with E-state index in [0.717, 1.165) is 18.1 Å². The fourth-order valence-corrected chi connectivity index (χ4v) is 4.87. The lowest BCUT2D eigenvalue weighted by molar-refractivity contribution is -0.121. The van der Waals surface area contributed by atoms with Crippen LogP contribution in [-0.2, 0) is 9.59 Å². The molecule has 1 unspecified atom stereocenters. The Labute approximate surface area is 129 Å². The lowest BCUT2D eigenvalue weighted by atomic mass is 10.1. The standard InChI is InChI=1S/C14H24N2O2S2/c1-11(2)14(18)16-9-8-15-13(17)6-4-3-5-12-7-10-19-20-12/h12H,1,3-10H2,2H3,(H,15,17)(H,16,18). The average Bonchev–Trinajstić information content (AvgIpc) is 2.92. The summed E-state index contributed by atoms with van der Waals surface area (Å²) in [4.78, 5) is 22.8. The molecular weight excluding hydrogens is 292 g/mol. The number of hydrogen-bond donors (Lipinski definition) is 2. The smallest absolute Gasteiger partial charge is 0.246 e. The molecule has 20 heavy (non-hydrogen) atoms. The maximum absolute atomic E-state index is 11.6. The molecule has 1 atom stereocenters. The highest BCUT2D eigenvalue weighted by atomic mass is 33.1. The Hall–Kier alpha value is -0.620. The summed E-state index contributed by atoms with van der Waals surface area (Å²) in [6.07, 6.45) is 5.19. The van der Waals surface area contributed by atoms with Crippen LogP contribution in [-0.4, -0.2) is 35.9 Å². The van der Waals surface area contributed by atoms with Gasteiger partial charge < -0.3 is 10.6 Å². The molecule has 1 rings (SSSR count). The monoisotopic (exact) mass is 316 g/mol. The van der Waals surface area contributed by atoms with Gasteiger partial charge in [-0.2, -0.15) is 0 Å². The maximum atomic E-state index is 11.6. The minimum atomic E-state index is -0.161. The molecule has 0 aliphatic carbocycles. The van der Waals surface area contributed by atoms with E-state index in [1.54, 1.807) is 6.92 Å². The second-order valence-electron chi connectivity index (χ2n) is 4.96. The molecule has 1 fully saturated rings. The zero-order chi connectivity index (χ0) is 14.8. The number of hydrogen-bond acceptors (Lipinski definition) is 4. The van der Waals surface area contributed by atoms with Gasteiger partial charge in [0.15, 0.2) is 0 Å². The van der Waals surface area contributed by atoms with Crippen molar-refractivity contribution in [2.75, 3.05) is 18.8 Å². The third kappa shape index (κ3) is 7.85. The first-order valence-electron chi connectivity index (χ1n) is 7.08. The summed E-state index contributed by atoms with van der Waals surface area (Å²) in [5, 5.41) is 6.29. The van der Waals surface area contributed by atoms with Gasteiger partial charge in [0.05, 0.1) is 0 Å². The molecular formula is C14H24N2O2S2. The predicted octanol–water partition coefficient (Wildman–Crippen LogP) is 2.51. The molecule has 2 N–H and O–H groups in total. The molecule has 1 aliphatic heterocycles. The normalized spacial score (nSPS) is 17.8. The van der Waals surface area contributed by atoms with Crippen molar-refractivity contribution >= 4 is 33.4 Å². The first-order valence-corrected chi connectivity index (χ1v) is 9.46. The molecule has 0 saturated carbocycles. The van der Waals surface area contributed by atoms with Gasteiger partial charge in [-0.05, 0) is 26.2 Å². The van der Waals surface area contributed by atoms with Crippen molar-refractivity contribution in [2.24, 2.45) is 0 Å². The number of rotatable bonds is 9. The van der Waals surface area contributed by atoms with Gasteiger partial charge >= 0.3 is 0 Å². The molecule has 114 valence electrons. The van der Waals surface area contributed by atoms with Gasteiger partial charge in [-0.25, -0.2) is 0 Å². The van der Waals surface area contributed by atoms with Crippen molar-refractivity contribution in [3.05, 3.63) is 12.2 Å². The number of nitrogens with one attached hydrogen (secondary N) is 2. The zero-order valence-electron chi connectivity index (χ0n) is 12.1. The zero-order valence-corrected chi connectivity index (χ0v) is 13.7. The van der Waals surface area contributed by atoms with Crippen molar-refractivity contribution < 1.29 is 9.59 Å². The minimum Gasteiger partial charge on any atom is -0.354 e. The molecule has 1 heterocycles. The highest BCUT2D eigenvalue weighted by Gasteiger charge is 2.15. The van der Waals surface area contributed by atoms with Crippen LogP contribution in [0.3, 0.4) is 0 Å². The molecule has 0 bridgehead atoms. The van der Waals surface area contributed by atoms with Crippen LogP contribution in [0.5, 0.6) is 0 Å². The Morgan fingerprint density at radius 2 is 2.00 bits per heavy atom. The van der Waals surface area contributed by atoms with Crippen LogP contribution in [0.2, 0.25) is 0 Å². The maximum Gasteiger partial charge on any atom is 0.246 e. The Morgan fingerprint density at radius 1 is 1.25 bits per heavy atom. The van der Waals surface area contributed by atoms with Crippen LogP contribution in [0.4, 0.5) is 0 Å². The number of carbonyl (C=O) groups excluding carboxylic acids is 2. The average molecular weight is 316 g/mol. The Bertz CT molecular complexity index is 342. The van der Waals surface area contributed by atoms with Crippen molar-refractivity contribution in [1.29, 1.82) is 0 Å². The molecule has 0 aromatic carbocycles. The summed E-state index contributed by atoms with van der Waals surface area (Å²) in [5.41, 5.74) is 0.485. The lowest BCUT2D eigenvalue weighted by Crippen LogP contribution is -2.34. The molecule has 6 heteroatoms. The number of amides is 2. The molecule has 4 nitrogen and oxygen atoms in total. The first-order chi connectivity index (χ1) is 9.59. The largest absolute Gasteiger partial charge is 0.354 e. The minimum absolute atomic E-state index is 0.0722. The Balaban J connectivity index is 1.92. The fourth-order valence-electron chi connectivity index (χ4n) is 1.84. The van der Waals surface area contributed by atoms with Crippen LogP contribution >= 0.6 is 21.6 Å². The summed E-state index contributed by atoms with van der Waals surface area (Å²) >= 11 is 0. The van der Waals surface area contributed by atoms with Gasteiger partial charge in [0.25, 0.3) is 0 Å². The van der Waals surface area contributed by atoms with Crippen molar-refractivity contribution in [3.63, 3.8) is 0 Å². The molecule has 0 aromatic heterocycles. The van der Waals surface area contributed by atoms with Crippen LogP contribution < -0.4 is 10.6 Å². The predicted molar refractivity (Wildman–Crippen MR) is 87.8 cm³/mol. The lowest BCUT2D eigenvalue weighted by Gasteiger charge is -2.08. The third-order valence-corrected chi connectivity index (χ3v) is 6.03. The van der Waals surface area contributed by atoms with Crippen LogP contribution in [0.15, 0.2) is 12.2 Å². The fraction of sp³-hybridized carbons (Fsp3) is 0.714. The van der Waals surface area contributed by atoms with Crippen molar-refractivity contribution in [1.82, 2.24) is 10.6 Å². The molecule has 0 spiro atoms. The third-order valence-electron chi connectivity index (χ3n) is 3.03. The van der Waals surface area contributed by atoms with Crippen molar-refractivity contribution in [3.8, 4) is 0 Å². The van der Waals surface area contributed by atoms with Crippen LogP contribution in [0, 0.1) is 0 Å². The van der Waals surface area contributed by atoms with E-state index in [2.05, 4.69) is 17.2 Å². The van der Waals surface area contributed by atoms with Crippen LogP contribution in [0.1, 0.15) is 39.0 Å². The van der Waals surface area contributed by atoms with E-state index in [9.17, 15) is 9.59 Å². The second kappa shape index (κ2) is 10.2. The van der Waals surface area contributed by atoms with Gasteiger partial charge in [-0.15, -0.1) is 0 Å². The van der Waals surface area contributed by atoms with Crippen molar-refractivity contribution in [2.45, 2.75) is 44.3 Å². The first kappa shape index (κ1) is 17.4. The molecule has 1 saturated heterocycles. The molecule has 0 radical (unpaired) electrons. The van der Waals surface area contributed by atoms with Gasteiger partial charge in [0, 0.05) is 36.1 Å². The van der Waals surface area contributed by atoms with Crippen LogP contribution in [0.25, 0.3) is 0 Å². The van der Waals surface area contributed by atoms with E-state index in [1.165, 1.54) is 18.6 Å². The van der Waals surface area contributed by atoms with E-state index < -0.39 is 0 Å². The summed E-state index contributed by atoms with van der Waals surface area (Å²) in [6, 6.07) is 0. The summed E-state index contributed by atoms with van der Waals surface area (Å²) in [5.74, 6) is 1.18. The van der Waals surface area contributed by atoms with E-state index in [1.807, 2.05) is 21.6 Å². The van der Waals surface area contributed by atoms with Gasteiger partial charge in [0.2, 0.25) is 11.8 Å². The second-order valence-corrected chi connectivity index (χ2v) is 7.75. The Morgan fingerprint density at radius 3 is 2.65 bits per heavy atom. The summed E-state index contributed by atoms with van der Waals surface area (Å²) in [6.45, 7) is 6.14. The van der Waals surface area contributed by atoms with Gasteiger partial charge in [0.1, 0.15) is 0 Å². The highest BCUT2D eigenvalue weighted by Crippen LogP contribution is 2.39.